The van der Waals surface area contributed by atoms with Crippen molar-refractivity contribution in [3.63, 3.8) is 0 Å². The van der Waals surface area contributed by atoms with Crippen molar-refractivity contribution >= 4 is 5.71 Å². The van der Waals surface area contributed by atoms with Crippen LogP contribution in [0.4, 0.5) is 13.2 Å². The number of pyridine rings is 1. The molecule has 0 N–H and O–H groups in total. The lowest BCUT2D eigenvalue weighted by atomic mass is 9.99. The highest BCUT2D eigenvalue weighted by Gasteiger charge is 2.26. The van der Waals surface area contributed by atoms with Gasteiger partial charge < -0.3 is 4.74 Å². The Bertz CT molecular complexity index is 1090. The van der Waals surface area contributed by atoms with Gasteiger partial charge in [-0.3, -0.25) is 4.99 Å². The molecule has 0 spiro atoms. The lowest BCUT2D eigenvalue weighted by molar-refractivity contribution is 0.208. The van der Waals surface area contributed by atoms with Gasteiger partial charge in [-0.05, 0) is 56.0 Å². The van der Waals surface area contributed by atoms with Crippen molar-refractivity contribution in [3.8, 4) is 17.0 Å². The van der Waals surface area contributed by atoms with Gasteiger partial charge in [0.2, 0.25) is 5.88 Å². The molecule has 2 aromatic carbocycles. The van der Waals surface area contributed by atoms with E-state index in [1.807, 2.05) is 26.0 Å². The quantitative estimate of drug-likeness (QED) is 0.443. The predicted molar refractivity (Wildman–Crippen MR) is 115 cm³/mol. The zero-order valence-corrected chi connectivity index (χ0v) is 17.4. The minimum atomic E-state index is -0.650. The molecule has 0 aliphatic carbocycles. The number of ether oxygens (including phenoxy) is 1. The highest BCUT2D eigenvalue weighted by molar-refractivity contribution is 6.02. The number of rotatable bonds is 6. The van der Waals surface area contributed by atoms with Crippen LogP contribution in [0.25, 0.3) is 11.1 Å². The van der Waals surface area contributed by atoms with E-state index in [1.165, 1.54) is 24.3 Å². The van der Waals surface area contributed by atoms with E-state index in [4.69, 9.17) is 4.74 Å². The van der Waals surface area contributed by atoms with Gasteiger partial charge >= 0.3 is 0 Å². The van der Waals surface area contributed by atoms with Gasteiger partial charge in [0.25, 0.3) is 0 Å². The third kappa shape index (κ3) is 4.48. The summed E-state index contributed by atoms with van der Waals surface area (Å²) in [4.78, 5) is 8.72. The monoisotopic (exact) mass is 424 g/mol. The van der Waals surface area contributed by atoms with Gasteiger partial charge in [0.1, 0.15) is 17.5 Å². The third-order valence-electron chi connectivity index (χ3n) is 5.54. The maximum atomic E-state index is 14.9. The second kappa shape index (κ2) is 8.92. The first-order valence-electron chi connectivity index (χ1n) is 10.4. The van der Waals surface area contributed by atoms with Gasteiger partial charge in [0.15, 0.2) is 0 Å². The van der Waals surface area contributed by atoms with Crippen LogP contribution in [0.2, 0.25) is 0 Å². The van der Waals surface area contributed by atoms with Crippen molar-refractivity contribution in [2.45, 2.75) is 45.3 Å². The number of nitrogens with zero attached hydrogens (tertiary/aromatic N) is 2. The first kappa shape index (κ1) is 21.1. The first-order chi connectivity index (χ1) is 15.0. The van der Waals surface area contributed by atoms with E-state index in [1.54, 1.807) is 18.3 Å². The SMILES string of the molecule is CC[C@@H](C)Oc1ccc(-c2ccc([C@H]3CCC(c4c(F)cccc4F)=N3)c(F)c2)cn1. The Hall–Kier alpha value is -3.15. The first-order valence-corrected chi connectivity index (χ1v) is 10.4. The Morgan fingerprint density at radius 2 is 1.74 bits per heavy atom. The Morgan fingerprint density at radius 3 is 2.39 bits per heavy atom. The summed E-state index contributed by atoms with van der Waals surface area (Å²) in [6.45, 7) is 4.01. The van der Waals surface area contributed by atoms with E-state index in [0.29, 0.717) is 35.6 Å². The maximum Gasteiger partial charge on any atom is 0.213 e. The van der Waals surface area contributed by atoms with E-state index >= 15 is 0 Å². The number of hydrogen-bond acceptors (Lipinski definition) is 3. The minimum absolute atomic E-state index is 0.0739. The fraction of sp³-hybridized carbons (Fsp3) is 0.280. The Morgan fingerprint density at radius 1 is 1.00 bits per heavy atom. The fourth-order valence-corrected chi connectivity index (χ4v) is 3.67. The van der Waals surface area contributed by atoms with Crippen LogP contribution in [0.3, 0.4) is 0 Å². The molecule has 2 atom stereocenters. The molecule has 4 rings (SSSR count). The topological polar surface area (TPSA) is 34.5 Å². The molecule has 3 nitrogen and oxygen atoms in total. The maximum absolute atomic E-state index is 14.9. The van der Waals surface area contributed by atoms with Crippen LogP contribution in [0.5, 0.6) is 5.88 Å². The second-order valence-electron chi connectivity index (χ2n) is 7.69. The van der Waals surface area contributed by atoms with Crippen LogP contribution < -0.4 is 4.74 Å². The highest BCUT2D eigenvalue weighted by atomic mass is 19.1. The molecule has 3 aromatic rings. The molecule has 0 bridgehead atoms. The Kier molecular flexibility index (Phi) is 6.07. The van der Waals surface area contributed by atoms with Crippen molar-refractivity contribution in [1.82, 2.24) is 4.98 Å². The average Bonchev–Trinajstić information content (AvgIpc) is 3.23. The second-order valence-corrected chi connectivity index (χ2v) is 7.69. The zero-order valence-electron chi connectivity index (χ0n) is 17.4. The number of aliphatic imine (C=N–C) groups is 1. The van der Waals surface area contributed by atoms with Crippen LogP contribution in [-0.4, -0.2) is 16.8 Å². The lowest BCUT2D eigenvalue weighted by Crippen LogP contribution is -2.10. The molecule has 1 aromatic heterocycles. The van der Waals surface area contributed by atoms with Gasteiger partial charge in [0.05, 0.1) is 17.7 Å². The molecule has 0 radical (unpaired) electrons. The number of aromatic nitrogens is 1. The van der Waals surface area contributed by atoms with Crippen LogP contribution in [0.1, 0.15) is 50.3 Å². The third-order valence-corrected chi connectivity index (χ3v) is 5.54. The van der Waals surface area contributed by atoms with Crippen molar-refractivity contribution in [1.29, 1.82) is 0 Å². The normalized spacial score (nSPS) is 16.8. The van der Waals surface area contributed by atoms with Crippen molar-refractivity contribution in [3.05, 3.63) is 83.3 Å². The van der Waals surface area contributed by atoms with Gasteiger partial charge in [-0.2, -0.15) is 0 Å². The summed E-state index contributed by atoms with van der Waals surface area (Å²) in [5.74, 6) is -1.17. The van der Waals surface area contributed by atoms with E-state index in [-0.39, 0.29) is 11.7 Å². The minimum Gasteiger partial charge on any atom is -0.475 e. The summed E-state index contributed by atoms with van der Waals surface area (Å²) in [6.07, 6.45) is 3.50. The van der Waals surface area contributed by atoms with E-state index in [9.17, 15) is 13.2 Å². The molecule has 2 heterocycles. The molecule has 0 saturated carbocycles. The molecular formula is C25H23F3N2O. The Balaban J connectivity index is 1.55. The van der Waals surface area contributed by atoms with Crippen LogP contribution >= 0.6 is 0 Å². The molecule has 1 aliphatic heterocycles. The van der Waals surface area contributed by atoms with Crippen molar-refractivity contribution in [2.75, 3.05) is 0 Å². The van der Waals surface area contributed by atoms with Gasteiger partial charge in [0, 0.05) is 29.1 Å². The van der Waals surface area contributed by atoms with Gasteiger partial charge in [-0.1, -0.05) is 25.1 Å². The zero-order chi connectivity index (χ0) is 22.0. The number of benzene rings is 2. The van der Waals surface area contributed by atoms with Crippen molar-refractivity contribution in [2.24, 2.45) is 4.99 Å². The van der Waals surface area contributed by atoms with E-state index in [0.717, 1.165) is 12.0 Å². The van der Waals surface area contributed by atoms with E-state index in [2.05, 4.69) is 9.98 Å². The summed E-state index contributed by atoms with van der Waals surface area (Å²) >= 11 is 0. The summed E-state index contributed by atoms with van der Waals surface area (Å²) < 4.78 is 48.7. The Labute approximate surface area is 179 Å². The smallest absolute Gasteiger partial charge is 0.213 e. The highest BCUT2D eigenvalue weighted by Crippen LogP contribution is 2.35. The summed E-state index contributed by atoms with van der Waals surface area (Å²) in [7, 11) is 0. The van der Waals surface area contributed by atoms with Crippen LogP contribution in [-0.2, 0) is 0 Å². The summed E-state index contributed by atoms with van der Waals surface area (Å²) in [5.41, 5.74) is 2.09. The predicted octanol–water partition coefficient (Wildman–Crippen LogP) is 6.67. The average molecular weight is 424 g/mol. The standard InChI is InChI=1S/C25H23F3N2O/c1-3-15(2)31-24-12-8-17(14-29-24)16-7-9-18(21(28)13-16)22-10-11-23(30-22)25-19(26)5-4-6-20(25)27/h4-9,12-15,22H,3,10-11H2,1-2H3/t15-,22-/m1/s1. The van der Waals surface area contributed by atoms with E-state index < -0.39 is 23.5 Å². The van der Waals surface area contributed by atoms with Crippen molar-refractivity contribution < 1.29 is 17.9 Å². The summed E-state index contributed by atoms with van der Waals surface area (Å²) in [5, 5.41) is 0. The van der Waals surface area contributed by atoms with Gasteiger partial charge in [-0.25, -0.2) is 18.2 Å². The molecule has 6 heteroatoms. The largest absolute Gasteiger partial charge is 0.475 e. The molecule has 0 fully saturated rings. The van der Waals surface area contributed by atoms with Crippen LogP contribution in [0, 0.1) is 17.5 Å². The summed E-state index contributed by atoms with van der Waals surface area (Å²) in [6, 6.07) is 11.8. The van der Waals surface area contributed by atoms with Crippen LogP contribution in [0.15, 0.2) is 59.7 Å². The molecule has 160 valence electrons. The fourth-order valence-electron chi connectivity index (χ4n) is 3.67. The molecule has 0 amide bonds. The molecule has 1 aliphatic rings. The van der Waals surface area contributed by atoms with Gasteiger partial charge in [-0.15, -0.1) is 0 Å². The lowest BCUT2D eigenvalue weighted by Gasteiger charge is -2.12. The molecule has 0 saturated heterocycles. The molecule has 0 unspecified atom stereocenters. The molecule has 31 heavy (non-hydrogen) atoms. The number of halogens is 3. The number of hydrogen-bond donors (Lipinski definition) is 0. The molecular weight excluding hydrogens is 401 g/mol.